The highest BCUT2D eigenvalue weighted by atomic mass is 35.5. The zero-order valence-electron chi connectivity index (χ0n) is 11.9. The van der Waals surface area contributed by atoms with E-state index in [2.05, 4.69) is 5.32 Å². The van der Waals surface area contributed by atoms with E-state index in [1.165, 1.54) is 6.42 Å². The maximum absolute atomic E-state index is 12.1. The van der Waals surface area contributed by atoms with Crippen molar-refractivity contribution in [3.8, 4) is 0 Å². The molecule has 1 atom stereocenters. The molecule has 1 saturated carbocycles. The largest absolute Gasteiger partial charge is 0.397 e. The molecule has 1 unspecified atom stereocenters. The molecule has 0 bridgehead atoms. The zero-order valence-corrected chi connectivity index (χ0v) is 13.5. The van der Waals surface area contributed by atoms with E-state index in [1.54, 1.807) is 18.2 Å². The van der Waals surface area contributed by atoms with Gasteiger partial charge in [-0.15, -0.1) is 0 Å². The van der Waals surface area contributed by atoms with Crippen LogP contribution in [0.5, 0.6) is 0 Å². The lowest BCUT2D eigenvalue weighted by atomic mass is 10.0. The molecule has 6 heteroatoms. The zero-order chi connectivity index (χ0) is 15.2. The lowest BCUT2D eigenvalue weighted by Crippen LogP contribution is -2.23. The molecule has 4 nitrogen and oxygen atoms in total. The molecule has 1 aliphatic carbocycles. The number of nitrogens with two attached hydrogens (primary N) is 1. The Balaban J connectivity index is 1.78. The average molecular weight is 329 g/mol. The second-order valence-corrected chi connectivity index (χ2v) is 7.62. The predicted molar refractivity (Wildman–Crippen MR) is 89.0 cm³/mol. The van der Waals surface area contributed by atoms with Crippen molar-refractivity contribution in [3.63, 3.8) is 0 Å². The Morgan fingerprint density at radius 2 is 2.05 bits per heavy atom. The molecule has 0 aliphatic heterocycles. The summed E-state index contributed by atoms with van der Waals surface area (Å²) in [6, 6.07) is 4.97. The van der Waals surface area contributed by atoms with Crippen LogP contribution in [-0.2, 0) is 15.6 Å². The van der Waals surface area contributed by atoms with Crippen LogP contribution >= 0.6 is 11.6 Å². The summed E-state index contributed by atoms with van der Waals surface area (Å²) < 4.78 is 12.1. The van der Waals surface area contributed by atoms with Crippen LogP contribution in [0.2, 0.25) is 5.02 Å². The quantitative estimate of drug-likeness (QED) is 0.814. The Morgan fingerprint density at radius 1 is 1.33 bits per heavy atom. The molecule has 1 aromatic rings. The van der Waals surface area contributed by atoms with Crippen LogP contribution in [0.3, 0.4) is 0 Å². The van der Waals surface area contributed by atoms with Gasteiger partial charge in [0.25, 0.3) is 0 Å². The van der Waals surface area contributed by atoms with Crippen LogP contribution in [0.1, 0.15) is 38.5 Å². The first-order valence-electron chi connectivity index (χ1n) is 7.28. The molecule has 0 heterocycles. The van der Waals surface area contributed by atoms with Crippen molar-refractivity contribution in [1.29, 1.82) is 0 Å². The minimum Gasteiger partial charge on any atom is -0.397 e. The molecular weight excluding hydrogens is 308 g/mol. The molecule has 1 aliphatic rings. The number of carbonyl (C=O) groups excluding carboxylic acids is 1. The number of amides is 1. The number of hydrogen-bond donors (Lipinski definition) is 2. The lowest BCUT2D eigenvalue weighted by molar-refractivity contribution is -0.115. The highest BCUT2D eigenvalue weighted by molar-refractivity contribution is 7.85. The second kappa shape index (κ2) is 7.80. The standard InChI is InChI=1S/C15H21ClN2O2S/c16-13-7-6-11(10-14(13)17)18-15(19)8-9-21(20)12-4-2-1-3-5-12/h6-7,10,12H,1-5,8-9,17H2,(H,18,19). The third-order valence-corrected chi connectivity index (χ3v) is 5.90. The van der Waals surface area contributed by atoms with E-state index in [0.29, 0.717) is 22.2 Å². The van der Waals surface area contributed by atoms with Crippen molar-refractivity contribution in [2.75, 3.05) is 16.8 Å². The van der Waals surface area contributed by atoms with E-state index in [-0.39, 0.29) is 17.6 Å². The summed E-state index contributed by atoms with van der Waals surface area (Å²) in [5.41, 5.74) is 6.73. The normalized spacial score (nSPS) is 17.4. The van der Waals surface area contributed by atoms with E-state index in [0.717, 1.165) is 25.7 Å². The summed E-state index contributed by atoms with van der Waals surface area (Å²) in [5, 5.41) is 3.50. The Kier molecular flexibility index (Phi) is 6.06. The van der Waals surface area contributed by atoms with Gasteiger partial charge in [0, 0.05) is 33.9 Å². The van der Waals surface area contributed by atoms with Gasteiger partial charge in [-0.3, -0.25) is 9.00 Å². The van der Waals surface area contributed by atoms with Crippen LogP contribution in [-0.4, -0.2) is 21.1 Å². The number of carbonyl (C=O) groups is 1. The van der Waals surface area contributed by atoms with E-state index in [1.807, 2.05) is 0 Å². The average Bonchev–Trinajstić information content (AvgIpc) is 2.49. The second-order valence-electron chi connectivity index (χ2n) is 5.38. The van der Waals surface area contributed by atoms with Gasteiger partial charge in [-0.25, -0.2) is 0 Å². The molecule has 116 valence electrons. The van der Waals surface area contributed by atoms with Crippen LogP contribution in [0.25, 0.3) is 0 Å². The van der Waals surface area contributed by atoms with Gasteiger partial charge in [-0.2, -0.15) is 0 Å². The molecule has 0 saturated heterocycles. The summed E-state index contributed by atoms with van der Waals surface area (Å²) >= 11 is 5.83. The first-order valence-corrected chi connectivity index (χ1v) is 9.04. The summed E-state index contributed by atoms with van der Waals surface area (Å²) in [5.74, 6) is 0.292. The van der Waals surface area contributed by atoms with E-state index in [9.17, 15) is 9.00 Å². The highest BCUT2D eigenvalue weighted by Crippen LogP contribution is 2.23. The van der Waals surface area contributed by atoms with Gasteiger partial charge in [0.2, 0.25) is 5.91 Å². The van der Waals surface area contributed by atoms with Gasteiger partial charge in [0.1, 0.15) is 0 Å². The van der Waals surface area contributed by atoms with Crippen LogP contribution in [0, 0.1) is 0 Å². The van der Waals surface area contributed by atoms with E-state index < -0.39 is 10.8 Å². The molecule has 2 rings (SSSR count). The Morgan fingerprint density at radius 3 is 2.71 bits per heavy atom. The fourth-order valence-electron chi connectivity index (χ4n) is 2.53. The Hall–Kier alpha value is -1.07. The molecular formula is C15H21ClN2O2S. The maximum Gasteiger partial charge on any atom is 0.225 e. The first-order chi connectivity index (χ1) is 10.1. The van der Waals surface area contributed by atoms with Gasteiger partial charge in [-0.1, -0.05) is 30.9 Å². The summed E-state index contributed by atoms with van der Waals surface area (Å²) in [6.45, 7) is 0. The molecule has 0 radical (unpaired) electrons. The predicted octanol–water partition coefficient (Wildman–Crippen LogP) is 3.33. The monoisotopic (exact) mass is 328 g/mol. The van der Waals surface area contributed by atoms with Crippen molar-refractivity contribution in [2.24, 2.45) is 0 Å². The molecule has 1 aromatic carbocycles. The highest BCUT2D eigenvalue weighted by Gasteiger charge is 2.20. The van der Waals surface area contributed by atoms with Crippen molar-refractivity contribution < 1.29 is 9.00 Å². The number of benzene rings is 1. The molecule has 1 amide bonds. The Labute approximate surface area is 132 Å². The SMILES string of the molecule is Nc1cc(NC(=O)CCS(=O)C2CCCCC2)ccc1Cl. The van der Waals surface area contributed by atoms with Gasteiger partial charge >= 0.3 is 0 Å². The van der Waals surface area contributed by atoms with Crippen molar-refractivity contribution in [1.82, 2.24) is 0 Å². The number of hydrogen-bond acceptors (Lipinski definition) is 3. The number of halogens is 1. The third-order valence-electron chi connectivity index (χ3n) is 3.73. The molecule has 0 spiro atoms. The van der Waals surface area contributed by atoms with Gasteiger partial charge < -0.3 is 11.1 Å². The fraction of sp³-hybridized carbons (Fsp3) is 0.533. The first kappa shape index (κ1) is 16.3. The molecule has 21 heavy (non-hydrogen) atoms. The van der Waals surface area contributed by atoms with Crippen molar-refractivity contribution >= 4 is 39.7 Å². The number of nitrogens with one attached hydrogen (secondary N) is 1. The molecule has 0 aromatic heterocycles. The summed E-state index contributed by atoms with van der Waals surface area (Å²) in [4.78, 5) is 11.9. The minimum absolute atomic E-state index is 0.138. The lowest BCUT2D eigenvalue weighted by Gasteiger charge is -2.20. The number of rotatable bonds is 5. The third kappa shape index (κ3) is 5.00. The van der Waals surface area contributed by atoms with Crippen LogP contribution in [0.4, 0.5) is 11.4 Å². The summed E-state index contributed by atoms with van der Waals surface area (Å²) in [6.07, 6.45) is 5.89. The fourth-order valence-corrected chi connectivity index (χ4v) is 4.23. The minimum atomic E-state index is -0.900. The van der Waals surface area contributed by atoms with Crippen LogP contribution < -0.4 is 11.1 Å². The van der Waals surface area contributed by atoms with Crippen LogP contribution in [0.15, 0.2) is 18.2 Å². The van der Waals surface area contributed by atoms with Gasteiger partial charge in [-0.05, 0) is 31.0 Å². The topological polar surface area (TPSA) is 72.2 Å². The summed E-state index contributed by atoms with van der Waals surface area (Å²) in [7, 11) is -0.900. The smallest absolute Gasteiger partial charge is 0.225 e. The number of nitrogen functional groups attached to an aromatic ring is 1. The molecule has 3 N–H and O–H groups in total. The van der Waals surface area contributed by atoms with E-state index >= 15 is 0 Å². The molecule has 1 fully saturated rings. The number of anilines is 2. The van der Waals surface area contributed by atoms with Gasteiger partial charge in [0.05, 0.1) is 10.7 Å². The Bertz CT molecular complexity index is 530. The maximum atomic E-state index is 12.1. The van der Waals surface area contributed by atoms with E-state index in [4.69, 9.17) is 17.3 Å². The van der Waals surface area contributed by atoms with Crippen molar-refractivity contribution in [2.45, 2.75) is 43.8 Å². The van der Waals surface area contributed by atoms with Gasteiger partial charge in [0.15, 0.2) is 0 Å². The van der Waals surface area contributed by atoms with Crippen molar-refractivity contribution in [3.05, 3.63) is 23.2 Å².